The zero-order valence-electron chi connectivity index (χ0n) is 13.4. The van der Waals surface area contributed by atoms with Gasteiger partial charge in [0.25, 0.3) is 0 Å². The van der Waals surface area contributed by atoms with Gasteiger partial charge in [-0.3, -0.25) is 0 Å². The van der Waals surface area contributed by atoms with Crippen LogP contribution >= 0.6 is 11.6 Å². The molecule has 1 aliphatic rings. The van der Waals surface area contributed by atoms with Gasteiger partial charge in [0.2, 0.25) is 0 Å². The normalized spacial score (nSPS) is 24.1. The summed E-state index contributed by atoms with van der Waals surface area (Å²) in [5.74, 6) is 3.21. The number of rotatable bonds is 5. The van der Waals surface area contributed by atoms with Gasteiger partial charge in [0.15, 0.2) is 0 Å². The van der Waals surface area contributed by atoms with Gasteiger partial charge in [0.1, 0.15) is 5.75 Å². The van der Waals surface area contributed by atoms with E-state index in [0.29, 0.717) is 5.92 Å². The Labute approximate surface area is 134 Å². The average Bonchev–Trinajstić information content (AvgIpc) is 2.47. The molecule has 0 aromatic heterocycles. The molecule has 0 amide bonds. The highest BCUT2D eigenvalue weighted by Gasteiger charge is 2.27. The van der Waals surface area contributed by atoms with Crippen LogP contribution in [0.5, 0.6) is 5.75 Å². The van der Waals surface area contributed by atoms with E-state index >= 15 is 0 Å². The Kier molecular flexibility index (Phi) is 5.95. The van der Waals surface area contributed by atoms with Crippen LogP contribution in [0.1, 0.15) is 45.1 Å². The molecule has 0 spiro atoms. The molecule has 1 atom stereocenters. The van der Waals surface area contributed by atoms with Crippen molar-refractivity contribution in [3.05, 3.63) is 28.8 Å². The second-order valence-electron chi connectivity index (χ2n) is 6.74. The second kappa shape index (κ2) is 7.51. The molecule has 1 aromatic rings. The minimum absolute atomic E-state index is 0.200. The maximum absolute atomic E-state index is 6.48. The van der Waals surface area contributed by atoms with E-state index in [-0.39, 0.29) is 6.04 Å². The van der Waals surface area contributed by atoms with E-state index in [1.807, 2.05) is 18.2 Å². The number of methoxy groups -OCH3 is 1. The van der Waals surface area contributed by atoms with Crippen LogP contribution in [0.4, 0.5) is 0 Å². The highest BCUT2D eigenvalue weighted by molar-refractivity contribution is 6.30. The highest BCUT2D eigenvalue weighted by atomic mass is 35.5. The van der Waals surface area contributed by atoms with Crippen molar-refractivity contribution in [1.29, 1.82) is 0 Å². The SMILES string of the molecule is COc1ccc(Cl)cc1CC(N)C1CCC(C(C)C)CC1. The van der Waals surface area contributed by atoms with Crippen LogP contribution in [0, 0.1) is 17.8 Å². The van der Waals surface area contributed by atoms with Gasteiger partial charge in [0, 0.05) is 11.1 Å². The van der Waals surface area contributed by atoms with Gasteiger partial charge in [0.05, 0.1) is 7.11 Å². The lowest BCUT2D eigenvalue weighted by Gasteiger charge is -2.34. The maximum atomic E-state index is 6.48. The molecule has 2 rings (SSSR count). The molecule has 21 heavy (non-hydrogen) atoms. The Morgan fingerprint density at radius 2 is 1.81 bits per heavy atom. The van der Waals surface area contributed by atoms with Crippen molar-refractivity contribution >= 4 is 11.6 Å². The summed E-state index contributed by atoms with van der Waals surface area (Å²) in [5.41, 5.74) is 7.61. The summed E-state index contributed by atoms with van der Waals surface area (Å²) in [6.07, 6.45) is 6.01. The molecular weight excluding hydrogens is 282 g/mol. The van der Waals surface area contributed by atoms with E-state index < -0.39 is 0 Å². The fourth-order valence-electron chi connectivity index (χ4n) is 3.57. The summed E-state index contributed by atoms with van der Waals surface area (Å²) in [6.45, 7) is 4.67. The summed E-state index contributed by atoms with van der Waals surface area (Å²) in [4.78, 5) is 0. The molecule has 1 aromatic carbocycles. The van der Waals surface area contributed by atoms with Gasteiger partial charge < -0.3 is 10.5 Å². The molecule has 2 N–H and O–H groups in total. The average molecular weight is 310 g/mol. The third-order valence-corrected chi connectivity index (χ3v) is 5.30. The second-order valence-corrected chi connectivity index (χ2v) is 7.18. The Morgan fingerprint density at radius 3 is 2.38 bits per heavy atom. The smallest absolute Gasteiger partial charge is 0.122 e. The Bertz CT molecular complexity index is 453. The number of nitrogens with two attached hydrogens (primary N) is 1. The molecule has 3 heteroatoms. The van der Waals surface area contributed by atoms with Crippen molar-refractivity contribution in [1.82, 2.24) is 0 Å². The van der Waals surface area contributed by atoms with E-state index in [4.69, 9.17) is 22.1 Å². The summed E-state index contributed by atoms with van der Waals surface area (Å²) in [7, 11) is 1.70. The summed E-state index contributed by atoms with van der Waals surface area (Å²) >= 11 is 6.10. The topological polar surface area (TPSA) is 35.2 Å². The Morgan fingerprint density at radius 1 is 1.19 bits per heavy atom. The zero-order valence-corrected chi connectivity index (χ0v) is 14.2. The van der Waals surface area contributed by atoms with Gasteiger partial charge in [-0.15, -0.1) is 0 Å². The molecule has 2 nitrogen and oxygen atoms in total. The van der Waals surface area contributed by atoms with Crippen LogP contribution in [0.15, 0.2) is 18.2 Å². The van der Waals surface area contributed by atoms with Gasteiger partial charge in [-0.25, -0.2) is 0 Å². The number of halogens is 1. The van der Waals surface area contributed by atoms with Crippen LogP contribution in [-0.2, 0) is 6.42 Å². The first-order chi connectivity index (χ1) is 10.0. The van der Waals surface area contributed by atoms with Crippen molar-refractivity contribution < 1.29 is 4.74 Å². The largest absolute Gasteiger partial charge is 0.496 e. The Balaban J connectivity index is 1.96. The van der Waals surface area contributed by atoms with Crippen LogP contribution in [-0.4, -0.2) is 13.2 Å². The molecule has 1 fully saturated rings. The van der Waals surface area contributed by atoms with E-state index in [9.17, 15) is 0 Å². The maximum Gasteiger partial charge on any atom is 0.122 e. The summed E-state index contributed by atoms with van der Waals surface area (Å²) < 4.78 is 5.42. The van der Waals surface area contributed by atoms with Crippen LogP contribution in [0.2, 0.25) is 5.02 Å². The number of benzene rings is 1. The van der Waals surface area contributed by atoms with Crippen molar-refractivity contribution in [2.75, 3.05) is 7.11 Å². The predicted octanol–water partition coefficient (Wildman–Crippen LogP) is 4.68. The first-order valence-electron chi connectivity index (χ1n) is 8.09. The number of hydrogen-bond donors (Lipinski definition) is 1. The van der Waals surface area contributed by atoms with Crippen LogP contribution < -0.4 is 10.5 Å². The summed E-state index contributed by atoms with van der Waals surface area (Å²) in [5, 5.41) is 0.751. The number of hydrogen-bond acceptors (Lipinski definition) is 2. The molecule has 0 heterocycles. The predicted molar refractivity (Wildman–Crippen MR) is 90.0 cm³/mol. The van der Waals surface area contributed by atoms with Crippen LogP contribution in [0.3, 0.4) is 0 Å². The van der Waals surface area contributed by atoms with E-state index in [2.05, 4.69) is 13.8 Å². The molecule has 0 aliphatic heterocycles. The first-order valence-corrected chi connectivity index (χ1v) is 8.47. The lowest BCUT2D eigenvalue weighted by Crippen LogP contribution is -2.35. The quantitative estimate of drug-likeness (QED) is 0.857. The van der Waals surface area contributed by atoms with Gasteiger partial charge in [-0.05, 0) is 73.6 Å². The Hall–Kier alpha value is -0.730. The molecule has 0 bridgehead atoms. The van der Waals surface area contributed by atoms with Crippen molar-refractivity contribution in [2.24, 2.45) is 23.5 Å². The fourth-order valence-corrected chi connectivity index (χ4v) is 3.76. The van der Waals surface area contributed by atoms with Gasteiger partial charge >= 0.3 is 0 Å². The van der Waals surface area contributed by atoms with E-state index in [0.717, 1.165) is 34.6 Å². The molecule has 1 aliphatic carbocycles. The molecular formula is C18H28ClNO. The standard InChI is InChI=1S/C18H28ClNO/c1-12(2)13-4-6-14(7-5-13)17(20)11-15-10-16(19)8-9-18(15)21-3/h8-10,12-14,17H,4-7,11,20H2,1-3H3. The van der Waals surface area contributed by atoms with Crippen molar-refractivity contribution in [3.8, 4) is 5.75 Å². The third-order valence-electron chi connectivity index (χ3n) is 5.06. The fraction of sp³-hybridized carbons (Fsp3) is 0.667. The lowest BCUT2D eigenvalue weighted by molar-refractivity contribution is 0.202. The number of ether oxygens (including phenoxy) is 1. The third kappa shape index (κ3) is 4.37. The molecule has 1 unspecified atom stereocenters. The highest BCUT2D eigenvalue weighted by Crippen LogP contribution is 2.35. The van der Waals surface area contributed by atoms with E-state index in [1.54, 1.807) is 7.11 Å². The van der Waals surface area contributed by atoms with Crippen molar-refractivity contribution in [3.63, 3.8) is 0 Å². The zero-order chi connectivity index (χ0) is 15.4. The van der Waals surface area contributed by atoms with Gasteiger partial charge in [-0.2, -0.15) is 0 Å². The van der Waals surface area contributed by atoms with Crippen LogP contribution in [0.25, 0.3) is 0 Å². The van der Waals surface area contributed by atoms with Crippen molar-refractivity contribution in [2.45, 2.75) is 52.0 Å². The lowest BCUT2D eigenvalue weighted by atomic mass is 9.74. The minimum atomic E-state index is 0.200. The molecule has 1 saturated carbocycles. The molecule has 118 valence electrons. The summed E-state index contributed by atoms with van der Waals surface area (Å²) in [6, 6.07) is 5.98. The molecule has 0 saturated heterocycles. The van der Waals surface area contributed by atoms with Gasteiger partial charge in [-0.1, -0.05) is 25.4 Å². The minimum Gasteiger partial charge on any atom is -0.496 e. The molecule has 0 radical (unpaired) electrons. The first kappa shape index (κ1) is 16.6. The monoisotopic (exact) mass is 309 g/mol. The van der Waals surface area contributed by atoms with E-state index in [1.165, 1.54) is 25.7 Å².